The molecule has 0 fully saturated rings. The molecule has 0 aliphatic rings. The Hall–Kier alpha value is -5.79. The first-order chi connectivity index (χ1) is 24.0. The van der Waals surface area contributed by atoms with Crippen LogP contribution in [0.5, 0.6) is 0 Å². The molecule has 230 valence electrons. The summed E-state index contributed by atoms with van der Waals surface area (Å²) >= 11 is 6.78. The molecule has 10 rings (SSSR count). The summed E-state index contributed by atoms with van der Waals surface area (Å²) in [6.45, 7) is 0. The molecular formula is C42H24BClN2O3. The number of nitrogens with zero attached hydrogens (tertiary/aromatic N) is 2. The van der Waals surface area contributed by atoms with Crippen LogP contribution in [0.4, 0.5) is 0 Å². The smallest absolute Gasteiger partial charge is 0.423 e. The number of hydrogen-bond donors (Lipinski definition) is 2. The SMILES string of the molecule is O=c1c2ccccc2c2ncc(-c3ccccc3Cl)c3c4cc(-c5ccc6c7ccc(B(O)O)cc7c7ccccc7c6c5)ccc4n1c23. The third-order valence-corrected chi connectivity index (χ3v) is 10.4. The minimum Gasteiger partial charge on any atom is -0.423 e. The topological polar surface area (TPSA) is 74.8 Å². The summed E-state index contributed by atoms with van der Waals surface area (Å²) in [4.78, 5) is 19.1. The van der Waals surface area contributed by atoms with Gasteiger partial charge in [-0.05, 0) is 79.2 Å². The standard InChI is InChI=1S/C42H24BClN2O3/c44-37-12-6-5-9-30(37)36-22-45-40-31-10-3-4-11-32(31)42(47)46-38-18-14-24(20-35(38)39(36)41(40)46)23-13-16-28-29-17-15-25(43(48)49)21-34(29)27-8-2-1-7-26(27)33(28)19-23/h1-22,48-49H. The summed E-state index contributed by atoms with van der Waals surface area (Å²) in [5.74, 6) is 0. The molecule has 49 heavy (non-hydrogen) atoms. The number of fused-ring (bicyclic) bond motifs is 11. The lowest BCUT2D eigenvalue weighted by molar-refractivity contribution is 0.426. The molecular weight excluding hydrogens is 627 g/mol. The Bertz CT molecular complexity index is 3060. The molecule has 0 saturated carbocycles. The fraction of sp³-hybridized carbons (Fsp3) is 0. The predicted octanol–water partition coefficient (Wildman–Crippen LogP) is 8.72. The van der Waals surface area contributed by atoms with Gasteiger partial charge in [0, 0.05) is 43.9 Å². The minimum absolute atomic E-state index is 0.0742. The lowest BCUT2D eigenvalue weighted by Gasteiger charge is -2.13. The first kappa shape index (κ1) is 28.2. The van der Waals surface area contributed by atoms with E-state index < -0.39 is 7.12 Å². The van der Waals surface area contributed by atoms with Gasteiger partial charge in [0.15, 0.2) is 0 Å². The van der Waals surface area contributed by atoms with Gasteiger partial charge in [0.05, 0.1) is 16.6 Å². The predicted molar refractivity (Wildman–Crippen MR) is 203 cm³/mol. The van der Waals surface area contributed by atoms with E-state index in [1.807, 2.05) is 89.5 Å². The van der Waals surface area contributed by atoms with Crippen LogP contribution < -0.4 is 11.0 Å². The number of aromatic nitrogens is 2. The molecule has 0 aliphatic carbocycles. The van der Waals surface area contributed by atoms with Crippen LogP contribution in [0.25, 0.3) is 92.7 Å². The van der Waals surface area contributed by atoms with Crippen molar-refractivity contribution in [2.24, 2.45) is 0 Å². The van der Waals surface area contributed by atoms with Crippen molar-refractivity contribution in [2.75, 3.05) is 0 Å². The van der Waals surface area contributed by atoms with Crippen LogP contribution in [0.2, 0.25) is 5.02 Å². The van der Waals surface area contributed by atoms with Gasteiger partial charge in [-0.25, -0.2) is 0 Å². The van der Waals surface area contributed by atoms with Gasteiger partial charge in [-0.3, -0.25) is 14.2 Å². The van der Waals surface area contributed by atoms with Crippen molar-refractivity contribution in [3.05, 3.63) is 149 Å². The van der Waals surface area contributed by atoms with E-state index >= 15 is 0 Å². The fourth-order valence-corrected chi connectivity index (χ4v) is 8.06. The molecule has 2 N–H and O–H groups in total. The van der Waals surface area contributed by atoms with Crippen molar-refractivity contribution in [2.45, 2.75) is 0 Å². The van der Waals surface area contributed by atoms with E-state index in [-0.39, 0.29) is 5.56 Å². The van der Waals surface area contributed by atoms with E-state index in [2.05, 4.69) is 42.5 Å². The van der Waals surface area contributed by atoms with Crippen molar-refractivity contribution >= 4 is 94.6 Å². The Balaban J connectivity index is 1.29. The van der Waals surface area contributed by atoms with E-state index in [9.17, 15) is 14.8 Å². The monoisotopic (exact) mass is 650 g/mol. The molecule has 3 heterocycles. The van der Waals surface area contributed by atoms with Gasteiger partial charge in [-0.15, -0.1) is 0 Å². The normalized spacial score (nSPS) is 12.1. The number of pyridine rings is 2. The van der Waals surface area contributed by atoms with Gasteiger partial charge in [-0.1, -0.05) is 109 Å². The molecule has 0 saturated heterocycles. The number of halogens is 1. The second kappa shape index (κ2) is 10.4. The molecule has 5 nitrogen and oxygen atoms in total. The molecule has 0 aliphatic heterocycles. The molecule has 0 spiro atoms. The van der Waals surface area contributed by atoms with Crippen molar-refractivity contribution in [3.8, 4) is 22.3 Å². The van der Waals surface area contributed by atoms with Gasteiger partial charge in [0.1, 0.15) is 0 Å². The lowest BCUT2D eigenvalue weighted by Crippen LogP contribution is -2.29. The first-order valence-corrected chi connectivity index (χ1v) is 16.5. The molecule has 0 bridgehead atoms. The maximum absolute atomic E-state index is 14.2. The lowest BCUT2D eigenvalue weighted by atomic mass is 9.78. The van der Waals surface area contributed by atoms with Crippen LogP contribution in [0.15, 0.2) is 138 Å². The maximum Gasteiger partial charge on any atom is 0.488 e. The number of hydrogen-bond acceptors (Lipinski definition) is 4. The summed E-state index contributed by atoms with van der Waals surface area (Å²) in [5.41, 5.74) is 6.57. The summed E-state index contributed by atoms with van der Waals surface area (Å²) in [6.07, 6.45) is 1.89. The zero-order valence-electron chi connectivity index (χ0n) is 25.9. The zero-order chi connectivity index (χ0) is 33.0. The zero-order valence-corrected chi connectivity index (χ0v) is 26.6. The van der Waals surface area contributed by atoms with Gasteiger partial charge in [0.2, 0.25) is 0 Å². The highest BCUT2D eigenvalue weighted by Gasteiger charge is 2.23. The van der Waals surface area contributed by atoms with Crippen LogP contribution >= 0.6 is 11.6 Å². The van der Waals surface area contributed by atoms with Crippen molar-refractivity contribution in [1.29, 1.82) is 0 Å². The largest absolute Gasteiger partial charge is 0.488 e. The molecule has 10 aromatic rings. The van der Waals surface area contributed by atoms with Crippen molar-refractivity contribution < 1.29 is 10.0 Å². The highest BCUT2D eigenvalue weighted by molar-refractivity contribution is 6.59. The Labute approximate surface area is 284 Å². The molecule has 3 aromatic heterocycles. The highest BCUT2D eigenvalue weighted by Crippen LogP contribution is 2.43. The van der Waals surface area contributed by atoms with Crippen LogP contribution in [0.3, 0.4) is 0 Å². The second-order valence-electron chi connectivity index (χ2n) is 12.6. The molecule has 7 heteroatoms. The maximum atomic E-state index is 14.2. The highest BCUT2D eigenvalue weighted by atomic mass is 35.5. The number of benzene rings is 7. The van der Waals surface area contributed by atoms with Gasteiger partial charge in [0.25, 0.3) is 5.56 Å². The van der Waals surface area contributed by atoms with Crippen LogP contribution in [-0.2, 0) is 0 Å². The van der Waals surface area contributed by atoms with E-state index in [0.29, 0.717) is 15.9 Å². The molecule has 0 atom stereocenters. The Kier molecular flexibility index (Phi) is 5.97. The number of rotatable bonds is 3. The minimum atomic E-state index is -1.54. The van der Waals surface area contributed by atoms with Crippen LogP contribution in [0, 0.1) is 0 Å². The average molecular weight is 651 g/mol. The van der Waals surface area contributed by atoms with E-state index in [4.69, 9.17) is 16.6 Å². The van der Waals surface area contributed by atoms with E-state index in [0.717, 1.165) is 87.3 Å². The fourth-order valence-electron chi connectivity index (χ4n) is 7.83. The molecule has 7 aromatic carbocycles. The van der Waals surface area contributed by atoms with Gasteiger partial charge in [-0.2, -0.15) is 0 Å². The Morgan fingerprint density at radius 3 is 1.90 bits per heavy atom. The average Bonchev–Trinajstić information content (AvgIpc) is 3.49. The third kappa shape index (κ3) is 3.97. The van der Waals surface area contributed by atoms with Crippen molar-refractivity contribution in [3.63, 3.8) is 0 Å². The van der Waals surface area contributed by atoms with E-state index in [1.165, 1.54) is 0 Å². The van der Waals surface area contributed by atoms with Gasteiger partial charge >= 0.3 is 7.12 Å². The summed E-state index contributed by atoms with van der Waals surface area (Å²) < 4.78 is 1.82. The Morgan fingerprint density at radius 2 is 1.16 bits per heavy atom. The van der Waals surface area contributed by atoms with Crippen molar-refractivity contribution in [1.82, 2.24) is 9.38 Å². The van der Waals surface area contributed by atoms with Gasteiger partial charge < -0.3 is 10.0 Å². The van der Waals surface area contributed by atoms with Crippen LogP contribution in [-0.4, -0.2) is 26.6 Å². The third-order valence-electron chi connectivity index (χ3n) is 10.1. The Morgan fingerprint density at radius 1 is 0.571 bits per heavy atom. The summed E-state index contributed by atoms with van der Waals surface area (Å²) in [5, 5.41) is 30.1. The molecule has 0 amide bonds. The van der Waals surface area contributed by atoms with Crippen LogP contribution in [0.1, 0.15) is 0 Å². The van der Waals surface area contributed by atoms with E-state index in [1.54, 1.807) is 6.07 Å². The summed E-state index contributed by atoms with van der Waals surface area (Å²) in [6, 6.07) is 42.1. The first-order valence-electron chi connectivity index (χ1n) is 16.1. The second-order valence-corrected chi connectivity index (χ2v) is 13.0. The quantitative estimate of drug-likeness (QED) is 0.148. The molecule has 0 unspecified atom stereocenters. The summed E-state index contributed by atoms with van der Waals surface area (Å²) in [7, 11) is -1.54. The molecule has 0 radical (unpaired) electrons.